The van der Waals surface area contributed by atoms with Gasteiger partial charge >= 0.3 is 0 Å². The van der Waals surface area contributed by atoms with E-state index in [1.807, 2.05) is 4.90 Å². The van der Waals surface area contributed by atoms with Crippen LogP contribution in [0.25, 0.3) is 0 Å². The molecule has 1 aliphatic heterocycles. The van der Waals surface area contributed by atoms with Gasteiger partial charge < -0.3 is 5.73 Å². The fourth-order valence-electron chi connectivity index (χ4n) is 0.760. The van der Waals surface area contributed by atoms with Crippen molar-refractivity contribution in [2.24, 2.45) is 5.73 Å². The molecule has 1 fully saturated rings. The SMILES string of the molecule is Cl.Cl.NC(=O)CN1CCC1. The summed E-state index contributed by atoms with van der Waals surface area (Å²) in [6, 6.07) is 0. The molecular weight excluding hydrogens is 175 g/mol. The molecule has 0 radical (unpaired) electrons. The second-order valence-electron chi connectivity index (χ2n) is 2.10. The molecule has 0 unspecified atom stereocenters. The molecule has 3 nitrogen and oxygen atoms in total. The Morgan fingerprint density at radius 1 is 1.40 bits per heavy atom. The van der Waals surface area contributed by atoms with Crippen LogP contribution >= 0.6 is 24.8 Å². The summed E-state index contributed by atoms with van der Waals surface area (Å²) in [6.45, 7) is 2.53. The van der Waals surface area contributed by atoms with Gasteiger partial charge in [0.2, 0.25) is 5.91 Å². The summed E-state index contributed by atoms with van der Waals surface area (Å²) >= 11 is 0. The van der Waals surface area contributed by atoms with E-state index in [4.69, 9.17) is 5.73 Å². The summed E-state index contributed by atoms with van der Waals surface area (Å²) in [5, 5.41) is 0. The number of carbonyl (C=O) groups is 1. The molecule has 0 saturated carbocycles. The summed E-state index contributed by atoms with van der Waals surface area (Å²) in [7, 11) is 0. The molecule has 0 spiro atoms. The van der Waals surface area contributed by atoms with Crippen LogP contribution in [0.1, 0.15) is 6.42 Å². The number of carbonyl (C=O) groups excluding carboxylic acids is 1. The van der Waals surface area contributed by atoms with Crippen LogP contribution in [0.15, 0.2) is 0 Å². The van der Waals surface area contributed by atoms with Crippen molar-refractivity contribution in [1.82, 2.24) is 4.90 Å². The third-order valence-corrected chi connectivity index (χ3v) is 1.33. The Morgan fingerprint density at radius 3 is 2.00 bits per heavy atom. The van der Waals surface area contributed by atoms with E-state index >= 15 is 0 Å². The number of halogens is 2. The van der Waals surface area contributed by atoms with E-state index in [0.717, 1.165) is 13.1 Å². The lowest BCUT2D eigenvalue weighted by molar-refractivity contribution is -0.119. The number of nitrogens with two attached hydrogens (primary N) is 1. The van der Waals surface area contributed by atoms with Crippen LogP contribution in [0.5, 0.6) is 0 Å². The molecule has 1 aliphatic rings. The van der Waals surface area contributed by atoms with Crippen molar-refractivity contribution < 1.29 is 4.79 Å². The molecule has 62 valence electrons. The van der Waals surface area contributed by atoms with E-state index in [0.29, 0.717) is 6.54 Å². The van der Waals surface area contributed by atoms with E-state index in [-0.39, 0.29) is 30.7 Å². The largest absolute Gasteiger partial charge is 0.369 e. The van der Waals surface area contributed by atoms with Gasteiger partial charge in [0.25, 0.3) is 0 Å². The van der Waals surface area contributed by atoms with Crippen LogP contribution in [0.3, 0.4) is 0 Å². The lowest BCUT2D eigenvalue weighted by Crippen LogP contribution is -2.42. The fraction of sp³-hybridized carbons (Fsp3) is 0.800. The molecule has 0 aromatic carbocycles. The molecule has 0 aromatic heterocycles. The molecule has 0 bridgehead atoms. The highest BCUT2D eigenvalue weighted by atomic mass is 35.5. The number of likely N-dealkylation sites (tertiary alicyclic amines) is 1. The minimum atomic E-state index is -0.218. The van der Waals surface area contributed by atoms with Crippen LogP contribution in [-0.4, -0.2) is 30.4 Å². The average Bonchev–Trinajstić information content (AvgIpc) is 1.55. The summed E-state index contributed by atoms with van der Waals surface area (Å²) in [6.07, 6.45) is 1.22. The van der Waals surface area contributed by atoms with E-state index < -0.39 is 0 Å². The Balaban J connectivity index is 0. The molecule has 1 amide bonds. The van der Waals surface area contributed by atoms with Gasteiger partial charge in [0.1, 0.15) is 0 Å². The summed E-state index contributed by atoms with van der Waals surface area (Å²) in [5.74, 6) is -0.218. The molecule has 1 rings (SSSR count). The van der Waals surface area contributed by atoms with Gasteiger partial charge in [0, 0.05) is 0 Å². The Bertz CT molecular complexity index is 106. The number of hydrogen-bond acceptors (Lipinski definition) is 2. The summed E-state index contributed by atoms with van der Waals surface area (Å²) in [5.41, 5.74) is 4.92. The van der Waals surface area contributed by atoms with Crippen LogP contribution < -0.4 is 5.73 Å². The Kier molecular flexibility index (Phi) is 7.31. The van der Waals surface area contributed by atoms with Gasteiger partial charge in [-0.15, -0.1) is 24.8 Å². The number of nitrogens with zero attached hydrogens (tertiary/aromatic N) is 1. The Labute approximate surface area is 72.8 Å². The average molecular weight is 187 g/mol. The van der Waals surface area contributed by atoms with Gasteiger partial charge in [-0.25, -0.2) is 0 Å². The number of amides is 1. The zero-order valence-electron chi connectivity index (χ0n) is 5.58. The molecule has 1 saturated heterocycles. The molecule has 0 atom stereocenters. The normalized spacial score (nSPS) is 16.0. The van der Waals surface area contributed by atoms with Gasteiger partial charge in [0.05, 0.1) is 6.54 Å². The standard InChI is InChI=1S/C5H10N2O.2ClH/c6-5(8)4-7-2-1-3-7;;/h1-4H2,(H2,6,8);2*1H. The maximum atomic E-state index is 10.2. The molecule has 5 heteroatoms. The second-order valence-corrected chi connectivity index (χ2v) is 2.10. The maximum Gasteiger partial charge on any atom is 0.231 e. The highest BCUT2D eigenvalue weighted by Crippen LogP contribution is 2.02. The molecule has 1 heterocycles. The minimum Gasteiger partial charge on any atom is -0.369 e. The van der Waals surface area contributed by atoms with Gasteiger partial charge in [-0.3, -0.25) is 9.69 Å². The predicted molar refractivity (Wildman–Crippen MR) is 44.7 cm³/mol. The van der Waals surface area contributed by atoms with Crippen molar-refractivity contribution in [3.63, 3.8) is 0 Å². The van der Waals surface area contributed by atoms with E-state index in [2.05, 4.69) is 0 Å². The van der Waals surface area contributed by atoms with Gasteiger partial charge in [-0.2, -0.15) is 0 Å². The van der Waals surface area contributed by atoms with Crippen molar-refractivity contribution in [3.05, 3.63) is 0 Å². The monoisotopic (exact) mass is 186 g/mol. The summed E-state index contributed by atoms with van der Waals surface area (Å²) < 4.78 is 0. The number of primary amides is 1. The predicted octanol–water partition coefficient (Wildman–Crippen LogP) is 0.0210. The van der Waals surface area contributed by atoms with Crippen LogP contribution in [0.2, 0.25) is 0 Å². The van der Waals surface area contributed by atoms with Crippen molar-refractivity contribution in [2.75, 3.05) is 19.6 Å². The Morgan fingerprint density at radius 2 is 1.90 bits per heavy atom. The first-order chi connectivity index (χ1) is 3.79. The third kappa shape index (κ3) is 3.93. The van der Waals surface area contributed by atoms with Gasteiger partial charge in [-0.1, -0.05) is 0 Å². The lowest BCUT2D eigenvalue weighted by atomic mass is 10.2. The van der Waals surface area contributed by atoms with Gasteiger partial charge in [0.15, 0.2) is 0 Å². The topological polar surface area (TPSA) is 46.3 Å². The fourth-order valence-corrected chi connectivity index (χ4v) is 0.760. The number of hydrogen-bond donors (Lipinski definition) is 1. The quantitative estimate of drug-likeness (QED) is 0.662. The van der Waals surface area contributed by atoms with E-state index in [9.17, 15) is 4.79 Å². The van der Waals surface area contributed by atoms with Crippen molar-refractivity contribution in [3.8, 4) is 0 Å². The van der Waals surface area contributed by atoms with E-state index in [1.54, 1.807) is 0 Å². The zero-order chi connectivity index (χ0) is 5.98. The van der Waals surface area contributed by atoms with Gasteiger partial charge in [-0.05, 0) is 19.5 Å². The first kappa shape index (κ1) is 12.7. The van der Waals surface area contributed by atoms with Crippen molar-refractivity contribution in [2.45, 2.75) is 6.42 Å². The highest BCUT2D eigenvalue weighted by molar-refractivity contribution is 5.85. The molecule has 0 aliphatic carbocycles. The molecule has 0 aromatic rings. The second kappa shape index (κ2) is 5.77. The van der Waals surface area contributed by atoms with Crippen molar-refractivity contribution >= 4 is 30.7 Å². The molecule has 2 N–H and O–H groups in total. The first-order valence-corrected chi connectivity index (χ1v) is 2.80. The maximum absolute atomic E-state index is 10.2. The van der Waals surface area contributed by atoms with Crippen LogP contribution in [0.4, 0.5) is 0 Å². The smallest absolute Gasteiger partial charge is 0.231 e. The minimum absolute atomic E-state index is 0. The zero-order valence-corrected chi connectivity index (χ0v) is 7.21. The Hall–Kier alpha value is 0.01000. The number of rotatable bonds is 2. The molecule has 10 heavy (non-hydrogen) atoms. The van der Waals surface area contributed by atoms with E-state index in [1.165, 1.54) is 6.42 Å². The first-order valence-electron chi connectivity index (χ1n) is 2.80. The van der Waals surface area contributed by atoms with Crippen LogP contribution in [0, 0.1) is 0 Å². The molecular formula is C5H12Cl2N2O. The third-order valence-electron chi connectivity index (χ3n) is 1.33. The van der Waals surface area contributed by atoms with Crippen LogP contribution in [-0.2, 0) is 4.79 Å². The summed E-state index contributed by atoms with van der Waals surface area (Å²) in [4.78, 5) is 12.2. The highest BCUT2D eigenvalue weighted by Gasteiger charge is 2.14. The lowest BCUT2D eigenvalue weighted by Gasteiger charge is -2.28. The van der Waals surface area contributed by atoms with Crippen molar-refractivity contribution in [1.29, 1.82) is 0 Å².